The van der Waals surface area contributed by atoms with Crippen LogP contribution in [0.2, 0.25) is 0 Å². The quantitative estimate of drug-likeness (QED) is 0.821. The zero-order chi connectivity index (χ0) is 13.1. The van der Waals surface area contributed by atoms with E-state index in [1.54, 1.807) is 0 Å². The first-order chi connectivity index (χ1) is 9.35. The van der Waals surface area contributed by atoms with Gasteiger partial charge in [-0.25, -0.2) is 0 Å². The largest absolute Gasteiger partial charge is 0.311 e. The van der Waals surface area contributed by atoms with E-state index in [1.807, 2.05) is 0 Å². The van der Waals surface area contributed by atoms with Crippen molar-refractivity contribution >= 4 is 0 Å². The number of fused-ring (bicyclic) bond motifs is 2. The molecule has 3 rings (SSSR count). The Bertz CT molecular complexity index is 263. The molecule has 2 unspecified atom stereocenters. The van der Waals surface area contributed by atoms with Crippen LogP contribution in [-0.4, -0.2) is 60.6 Å². The van der Waals surface area contributed by atoms with Gasteiger partial charge in [-0.2, -0.15) is 0 Å². The van der Waals surface area contributed by atoms with Crippen LogP contribution >= 0.6 is 0 Å². The van der Waals surface area contributed by atoms with Crippen molar-refractivity contribution in [2.45, 2.75) is 70.0 Å². The van der Waals surface area contributed by atoms with Crippen molar-refractivity contribution in [3.05, 3.63) is 0 Å². The Hall–Kier alpha value is -0.120. The van der Waals surface area contributed by atoms with Crippen molar-refractivity contribution in [1.29, 1.82) is 0 Å². The van der Waals surface area contributed by atoms with Gasteiger partial charge in [0, 0.05) is 31.2 Å². The molecule has 2 atom stereocenters. The molecule has 3 aliphatic rings. The molecule has 0 aromatic rings. The van der Waals surface area contributed by atoms with Crippen LogP contribution in [-0.2, 0) is 0 Å². The summed E-state index contributed by atoms with van der Waals surface area (Å²) in [5.74, 6) is 0. The molecule has 3 nitrogen and oxygen atoms in total. The molecule has 3 heterocycles. The lowest BCUT2D eigenvalue weighted by Crippen LogP contribution is -2.50. The molecule has 0 radical (unpaired) electrons. The van der Waals surface area contributed by atoms with Crippen LogP contribution in [0.25, 0.3) is 0 Å². The van der Waals surface area contributed by atoms with Crippen LogP contribution in [0.4, 0.5) is 0 Å². The van der Waals surface area contributed by atoms with Gasteiger partial charge in [0.2, 0.25) is 0 Å². The molecule has 0 spiro atoms. The van der Waals surface area contributed by atoms with Gasteiger partial charge in [-0.15, -0.1) is 0 Å². The topological polar surface area (TPSA) is 18.5 Å². The molecule has 0 saturated carbocycles. The summed E-state index contributed by atoms with van der Waals surface area (Å²) in [5.41, 5.74) is 0. The zero-order valence-electron chi connectivity index (χ0n) is 12.6. The second kappa shape index (κ2) is 6.55. The van der Waals surface area contributed by atoms with Gasteiger partial charge >= 0.3 is 0 Å². The van der Waals surface area contributed by atoms with Crippen LogP contribution in [0.1, 0.15) is 51.9 Å². The van der Waals surface area contributed by atoms with E-state index >= 15 is 0 Å². The molecule has 3 saturated heterocycles. The van der Waals surface area contributed by atoms with Gasteiger partial charge in [0.1, 0.15) is 0 Å². The Morgan fingerprint density at radius 2 is 1.74 bits per heavy atom. The minimum atomic E-state index is 0.827. The number of piperidine rings is 2. The van der Waals surface area contributed by atoms with Gasteiger partial charge in [0.25, 0.3) is 0 Å². The summed E-state index contributed by atoms with van der Waals surface area (Å²) >= 11 is 0. The molecule has 0 amide bonds. The highest BCUT2D eigenvalue weighted by atomic mass is 15.2. The predicted octanol–water partition coefficient (Wildman–Crippen LogP) is 2.08. The SMILES string of the molecule is CCN(CCN1CCCCC1)C1CC2CCC(C1)N2. The second-order valence-corrected chi connectivity index (χ2v) is 6.79. The Morgan fingerprint density at radius 3 is 2.37 bits per heavy atom. The number of likely N-dealkylation sites (N-methyl/N-ethyl adjacent to an activating group) is 1. The van der Waals surface area contributed by atoms with Crippen LogP contribution < -0.4 is 5.32 Å². The summed E-state index contributed by atoms with van der Waals surface area (Å²) in [6.45, 7) is 8.86. The van der Waals surface area contributed by atoms with E-state index in [4.69, 9.17) is 0 Å². The summed E-state index contributed by atoms with van der Waals surface area (Å²) in [6, 6.07) is 2.51. The smallest absolute Gasteiger partial charge is 0.0125 e. The fourth-order valence-electron chi connectivity index (χ4n) is 4.38. The lowest BCUT2D eigenvalue weighted by Gasteiger charge is -2.38. The molecular formula is C16H31N3. The van der Waals surface area contributed by atoms with Crippen LogP contribution in [0.3, 0.4) is 0 Å². The maximum atomic E-state index is 3.77. The number of rotatable bonds is 5. The molecule has 3 fully saturated rings. The molecule has 3 heteroatoms. The summed E-state index contributed by atoms with van der Waals surface area (Å²) < 4.78 is 0. The Morgan fingerprint density at radius 1 is 1.05 bits per heavy atom. The number of hydrogen-bond acceptors (Lipinski definition) is 3. The summed E-state index contributed by atoms with van der Waals surface area (Å²) in [7, 11) is 0. The molecule has 19 heavy (non-hydrogen) atoms. The summed E-state index contributed by atoms with van der Waals surface area (Å²) in [5, 5.41) is 3.77. The van der Waals surface area contributed by atoms with E-state index in [0.717, 1.165) is 18.1 Å². The third-order valence-electron chi connectivity index (χ3n) is 5.52. The summed E-state index contributed by atoms with van der Waals surface area (Å²) in [6.07, 6.45) is 9.92. The van der Waals surface area contributed by atoms with Gasteiger partial charge in [0.15, 0.2) is 0 Å². The highest BCUT2D eigenvalue weighted by molar-refractivity contribution is 4.95. The average Bonchev–Trinajstić information content (AvgIpc) is 2.79. The second-order valence-electron chi connectivity index (χ2n) is 6.79. The van der Waals surface area contributed by atoms with E-state index in [0.29, 0.717) is 0 Å². The maximum absolute atomic E-state index is 3.77. The van der Waals surface area contributed by atoms with E-state index in [2.05, 4.69) is 22.0 Å². The third kappa shape index (κ3) is 3.50. The minimum Gasteiger partial charge on any atom is -0.311 e. The van der Waals surface area contributed by atoms with Crippen molar-refractivity contribution in [3.63, 3.8) is 0 Å². The highest BCUT2D eigenvalue weighted by Crippen LogP contribution is 2.29. The van der Waals surface area contributed by atoms with Crippen molar-refractivity contribution in [1.82, 2.24) is 15.1 Å². The Balaban J connectivity index is 1.46. The van der Waals surface area contributed by atoms with Crippen molar-refractivity contribution in [3.8, 4) is 0 Å². The van der Waals surface area contributed by atoms with E-state index in [9.17, 15) is 0 Å². The van der Waals surface area contributed by atoms with E-state index in [-0.39, 0.29) is 0 Å². The molecule has 2 bridgehead atoms. The van der Waals surface area contributed by atoms with Gasteiger partial charge in [0.05, 0.1) is 0 Å². The molecule has 0 aromatic carbocycles. The van der Waals surface area contributed by atoms with Gasteiger partial charge in [-0.1, -0.05) is 13.3 Å². The standard InChI is InChI=1S/C16H31N3/c1-2-19(11-10-18-8-4-3-5-9-18)16-12-14-6-7-15(13-16)17-14/h14-17H,2-13H2,1H3. The number of hydrogen-bond donors (Lipinski definition) is 1. The fraction of sp³-hybridized carbons (Fsp3) is 1.00. The molecule has 1 N–H and O–H groups in total. The van der Waals surface area contributed by atoms with E-state index < -0.39 is 0 Å². The monoisotopic (exact) mass is 265 g/mol. The third-order valence-corrected chi connectivity index (χ3v) is 5.52. The number of nitrogens with one attached hydrogen (secondary N) is 1. The van der Waals surface area contributed by atoms with Crippen LogP contribution in [0.5, 0.6) is 0 Å². The average molecular weight is 265 g/mol. The molecule has 0 aliphatic carbocycles. The maximum Gasteiger partial charge on any atom is 0.0125 e. The molecule has 0 aromatic heterocycles. The van der Waals surface area contributed by atoms with E-state index in [1.165, 1.54) is 77.7 Å². The number of likely N-dealkylation sites (tertiary alicyclic amines) is 1. The Kier molecular flexibility index (Phi) is 4.78. The molecular weight excluding hydrogens is 234 g/mol. The highest BCUT2D eigenvalue weighted by Gasteiger charge is 2.35. The normalized spacial score (nSPS) is 36.0. The molecule has 110 valence electrons. The van der Waals surface area contributed by atoms with Crippen LogP contribution in [0, 0.1) is 0 Å². The van der Waals surface area contributed by atoms with Crippen LogP contribution in [0.15, 0.2) is 0 Å². The first-order valence-electron chi connectivity index (χ1n) is 8.57. The number of nitrogens with zero attached hydrogens (tertiary/aromatic N) is 2. The fourth-order valence-corrected chi connectivity index (χ4v) is 4.38. The van der Waals surface area contributed by atoms with Crippen molar-refractivity contribution < 1.29 is 0 Å². The lowest BCUT2D eigenvalue weighted by molar-refractivity contribution is 0.121. The van der Waals surface area contributed by atoms with Gasteiger partial charge < -0.3 is 10.2 Å². The minimum absolute atomic E-state index is 0.827. The Labute approximate surface area is 118 Å². The summed E-state index contributed by atoms with van der Waals surface area (Å²) in [4.78, 5) is 5.45. The predicted molar refractivity (Wildman–Crippen MR) is 80.5 cm³/mol. The van der Waals surface area contributed by atoms with Gasteiger partial charge in [-0.3, -0.25) is 4.90 Å². The first kappa shape index (κ1) is 13.8. The first-order valence-corrected chi connectivity index (χ1v) is 8.57. The lowest BCUT2D eigenvalue weighted by atomic mass is 9.98. The zero-order valence-corrected chi connectivity index (χ0v) is 12.6. The molecule has 3 aliphatic heterocycles. The van der Waals surface area contributed by atoms with Crippen molar-refractivity contribution in [2.75, 3.05) is 32.7 Å². The van der Waals surface area contributed by atoms with Gasteiger partial charge in [-0.05, 0) is 58.2 Å². The van der Waals surface area contributed by atoms with Crippen molar-refractivity contribution in [2.24, 2.45) is 0 Å².